The molecule has 21 heavy (non-hydrogen) atoms. The third-order valence-corrected chi connectivity index (χ3v) is 4.62. The highest BCUT2D eigenvalue weighted by Crippen LogP contribution is 2.37. The molecule has 0 bridgehead atoms. The lowest BCUT2D eigenvalue weighted by Gasteiger charge is -2.17. The predicted octanol–water partition coefficient (Wildman–Crippen LogP) is 1.34. The van der Waals surface area contributed by atoms with Gasteiger partial charge >= 0.3 is 0 Å². The number of fused-ring (bicyclic) bond motifs is 1. The minimum atomic E-state index is -0.179. The molecule has 5 heteroatoms. The Labute approximate surface area is 124 Å². The molecule has 114 valence electrons. The third kappa shape index (κ3) is 3.19. The minimum Gasteiger partial charge on any atom is -0.497 e. The fraction of sp³-hybridized carbons (Fsp3) is 0.562. The topological polar surface area (TPSA) is 61.8 Å². The maximum atomic E-state index is 12.1. The molecule has 1 heterocycles. The van der Waals surface area contributed by atoms with Gasteiger partial charge in [0.25, 0.3) is 0 Å². The van der Waals surface area contributed by atoms with Crippen molar-refractivity contribution in [2.24, 2.45) is 11.8 Å². The van der Waals surface area contributed by atoms with Crippen LogP contribution in [0.3, 0.4) is 0 Å². The predicted molar refractivity (Wildman–Crippen MR) is 80.3 cm³/mol. The van der Waals surface area contributed by atoms with Crippen LogP contribution >= 0.6 is 0 Å². The summed E-state index contributed by atoms with van der Waals surface area (Å²) < 4.78 is 5.14. The number of carbonyl (C=O) groups is 1. The summed E-state index contributed by atoms with van der Waals surface area (Å²) in [6.45, 7) is 2.14. The molecule has 3 unspecified atom stereocenters. The van der Waals surface area contributed by atoms with Crippen molar-refractivity contribution in [1.29, 1.82) is 0 Å². The SMILES string of the molecule is COc1cccc(NC(=O)CN2CC3CCC(O)C3C2)c1. The number of nitrogens with one attached hydrogen (secondary N) is 1. The highest BCUT2D eigenvalue weighted by atomic mass is 16.5. The van der Waals surface area contributed by atoms with Gasteiger partial charge in [-0.05, 0) is 30.9 Å². The van der Waals surface area contributed by atoms with Crippen molar-refractivity contribution in [1.82, 2.24) is 4.90 Å². The number of likely N-dealkylation sites (tertiary alicyclic amines) is 1. The van der Waals surface area contributed by atoms with E-state index in [2.05, 4.69) is 10.2 Å². The maximum absolute atomic E-state index is 12.1. The molecule has 5 nitrogen and oxygen atoms in total. The molecule has 3 rings (SSSR count). The molecule has 0 aromatic heterocycles. The summed E-state index contributed by atoms with van der Waals surface area (Å²) >= 11 is 0. The smallest absolute Gasteiger partial charge is 0.238 e. The maximum Gasteiger partial charge on any atom is 0.238 e. The second-order valence-electron chi connectivity index (χ2n) is 6.04. The number of hydrogen-bond donors (Lipinski definition) is 2. The first-order valence-corrected chi connectivity index (χ1v) is 7.50. The summed E-state index contributed by atoms with van der Waals surface area (Å²) in [4.78, 5) is 14.3. The molecule has 2 fully saturated rings. The number of carbonyl (C=O) groups excluding carboxylic acids is 1. The van der Waals surface area contributed by atoms with Crippen molar-refractivity contribution in [3.05, 3.63) is 24.3 Å². The largest absolute Gasteiger partial charge is 0.497 e. The van der Waals surface area contributed by atoms with Crippen LogP contribution in [0.4, 0.5) is 5.69 Å². The van der Waals surface area contributed by atoms with E-state index < -0.39 is 0 Å². The molecule has 2 aliphatic rings. The molecular formula is C16H22N2O3. The lowest BCUT2D eigenvalue weighted by atomic mass is 10.00. The third-order valence-electron chi connectivity index (χ3n) is 4.62. The van der Waals surface area contributed by atoms with Gasteiger partial charge in [-0.2, -0.15) is 0 Å². The van der Waals surface area contributed by atoms with Crippen molar-refractivity contribution in [3.8, 4) is 5.75 Å². The molecule has 0 radical (unpaired) electrons. The van der Waals surface area contributed by atoms with Crippen LogP contribution in [0.25, 0.3) is 0 Å². The molecule has 1 aliphatic heterocycles. The van der Waals surface area contributed by atoms with E-state index in [1.807, 2.05) is 18.2 Å². The number of aliphatic hydroxyl groups is 1. The van der Waals surface area contributed by atoms with Gasteiger partial charge in [0.15, 0.2) is 0 Å². The standard InChI is InChI=1S/C16H22N2O3/c1-21-13-4-2-3-12(7-13)17-16(20)10-18-8-11-5-6-15(19)14(11)9-18/h2-4,7,11,14-15,19H,5-6,8-10H2,1H3,(H,17,20). The summed E-state index contributed by atoms with van der Waals surface area (Å²) in [6.07, 6.45) is 1.82. The number of ether oxygens (including phenoxy) is 1. The van der Waals surface area contributed by atoms with Gasteiger partial charge < -0.3 is 15.2 Å². The zero-order valence-electron chi connectivity index (χ0n) is 12.3. The Morgan fingerprint density at radius 1 is 1.43 bits per heavy atom. The first-order chi connectivity index (χ1) is 10.2. The van der Waals surface area contributed by atoms with E-state index in [9.17, 15) is 9.90 Å². The molecule has 1 saturated carbocycles. The second-order valence-corrected chi connectivity index (χ2v) is 6.04. The van der Waals surface area contributed by atoms with E-state index in [0.29, 0.717) is 18.4 Å². The van der Waals surface area contributed by atoms with Crippen molar-refractivity contribution < 1.29 is 14.6 Å². The molecular weight excluding hydrogens is 268 g/mol. The number of rotatable bonds is 4. The summed E-state index contributed by atoms with van der Waals surface area (Å²) in [5, 5.41) is 12.8. The van der Waals surface area contributed by atoms with Gasteiger partial charge in [0.05, 0.1) is 19.8 Å². The quantitative estimate of drug-likeness (QED) is 0.878. The van der Waals surface area contributed by atoms with E-state index in [1.165, 1.54) is 0 Å². The van der Waals surface area contributed by atoms with Crippen molar-refractivity contribution >= 4 is 11.6 Å². The summed E-state index contributed by atoms with van der Waals surface area (Å²) in [5.74, 6) is 1.63. The van der Waals surface area contributed by atoms with Gasteiger partial charge in [-0.1, -0.05) is 6.07 Å². The molecule has 1 aromatic rings. The molecule has 1 amide bonds. The Hall–Kier alpha value is -1.59. The minimum absolute atomic E-state index is 0.0160. The number of anilines is 1. The van der Waals surface area contributed by atoms with Gasteiger partial charge in [0.1, 0.15) is 5.75 Å². The van der Waals surface area contributed by atoms with Crippen LogP contribution in [-0.2, 0) is 4.79 Å². The van der Waals surface area contributed by atoms with Crippen LogP contribution in [0.2, 0.25) is 0 Å². The Morgan fingerprint density at radius 2 is 2.29 bits per heavy atom. The van der Waals surface area contributed by atoms with E-state index >= 15 is 0 Å². The van der Waals surface area contributed by atoms with Gasteiger partial charge in [-0.25, -0.2) is 0 Å². The Kier molecular flexibility index (Phi) is 4.12. The number of amides is 1. The Balaban J connectivity index is 1.53. The summed E-state index contributed by atoms with van der Waals surface area (Å²) in [7, 11) is 1.61. The van der Waals surface area contributed by atoms with Crippen LogP contribution in [0.5, 0.6) is 5.75 Å². The van der Waals surface area contributed by atoms with Crippen LogP contribution in [0.1, 0.15) is 12.8 Å². The molecule has 1 aliphatic carbocycles. The van der Waals surface area contributed by atoms with E-state index in [-0.39, 0.29) is 12.0 Å². The van der Waals surface area contributed by atoms with Gasteiger partial charge in [-0.15, -0.1) is 0 Å². The van der Waals surface area contributed by atoms with Gasteiger partial charge in [-0.3, -0.25) is 9.69 Å². The van der Waals surface area contributed by atoms with E-state index in [4.69, 9.17) is 4.74 Å². The molecule has 1 aromatic carbocycles. The van der Waals surface area contributed by atoms with Gasteiger partial charge in [0, 0.05) is 30.8 Å². The number of aliphatic hydroxyl groups excluding tert-OH is 1. The fourth-order valence-corrected chi connectivity index (χ4v) is 3.56. The normalized spacial score (nSPS) is 28.4. The first kappa shape index (κ1) is 14.4. The molecule has 2 N–H and O–H groups in total. The number of hydrogen-bond acceptors (Lipinski definition) is 4. The Morgan fingerprint density at radius 3 is 3.05 bits per heavy atom. The fourth-order valence-electron chi connectivity index (χ4n) is 3.56. The van der Waals surface area contributed by atoms with Crippen molar-refractivity contribution in [2.45, 2.75) is 18.9 Å². The molecule has 1 saturated heterocycles. The van der Waals surface area contributed by atoms with Crippen molar-refractivity contribution in [2.75, 3.05) is 32.1 Å². The van der Waals surface area contributed by atoms with Crippen LogP contribution in [-0.4, -0.2) is 48.8 Å². The number of nitrogens with zero attached hydrogens (tertiary/aromatic N) is 1. The van der Waals surface area contributed by atoms with Crippen LogP contribution < -0.4 is 10.1 Å². The van der Waals surface area contributed by atoms with Gasteiger partial charge in [0.2, 0.25) is 5.91 Å². The molecule has 3 atom stereocenters. The zero-order chi connectivity index (χ0) is 14.8. The average Bonchev–Trinajstić information content (AvgIpc) is 3.01. The lowest BCUT2D eigenvalue weighted by molar-refractivity contribution is -0.117. The summed E-state index contributed by atoms with van der Waals surface area (Å²) in [6, 6.07) is 7.35. The first-order valence-electron chi connectivity index (χ1n) is 7.50. The number of benzene rings is 1. The number of methoxy groups -OCH3 is 1. The van der Waals surface area contributed by atoms with Crippen LogP contribution in [0.15, 0.2) is 24.3 Å². The van der Waals surface area contributed by atoms with E-state index in [0.717, 1.165) is 37.4 Å². The molecule has 0 spiro atoms. The van der Waals surface area contributed by atoms with E-state index in [1.54, 1.807) is 13.2 Å². The zero-order valence-corrected chi connectivity index (χ0v) is 12.3. The second kappa shape index (κ2) is 6.03. The van der Waals surface area contributed by atoms with Crippen molar-refractivity contribution in [3.63, 3.8) is 0 Å². The monoisotopic (exact) mass is 290 g/mol. The highest BCUT2D eigenvalue weighted by Gasteiger charge is 2.41. The summed E-state index contributed by atoms with van der Waals surface area (Å²) in [5.41, 5.74) is 0.749. The van der Waals surface area contributed by atoms with Crippen LogP contribution in [0, 0.1) is 11.8 Å². The Bertz CT molecular complexity index is 520. The average molecular weight is 290 g/mol. The highest BCUT2D eigenvalue weighted by molar-refractivity contribution is 5.92. The lowest BCUT2D eigenvalue weighted by Crippen LogP contribution is -2.33.